The van der Waals surface area contributed by atoms with E-state index in [1.165, 1.54) is 29.4 Å². The van der Waals surface area contributed by atoms with Gasteiger partial charge in [-0.1, -0.05) is 60.0 Å². The summed E-state index contributed by atoms with van der Waals surface area (Å²) in [5, 5.41) is 2.01. The Morgan fingerprint density at radius 2 is 1.92 bits per heavy atom. The van der Waals surface area contributed by atoms with Gasteiger partial charge in [0.2, 0.25) is 0 Å². The summed E-state index contributed by atoms with van der Waals surface area (Å²) < 4.78 is 11.7. The second-order valence-electron chi connectivity index (χ2n) is 7.24. The van der Waals surface area contributed by atoms with E-state index >= 15 is 0 Å². The van der Waals surface area contributed by atoms with Gasteiger partial charge in [0, 0.05) is 27.6 Å². The van der Waals surface area contributed by atoms with E-state index < -0.39 is 11.2 Å². The summed E-state index contributed by atoms with van der Waals surface area (Å²) in [6.45, 7) is 2.35. The van der Waals surface area contributed by atoms with E-state index in [4.69, 9.17) is 11.6 Å². The van der Waals surface area contributed by atoms with E-state index in [2.05, 4.69) is 48.4 Å². The summed E-state index contributed by atoms with van der Waals surface area (Å²) in [7, 11) is 0. The van der Waals surface area contributed by atoms with Gasteiger partial charge in [-0.2, -0.15) is 0 Å². The highest BCUT2D eigenvalue weighted by Crippen LogP contribution is 2.53. The molecule has 1 aliphatic rings. The molecule has 1 aromatic heterocycles. The zero-order valence-electron chi connectivity index (χ0n) is 14.5. The van der Waals surface area contributed by atoms with E-state index in [1.807, 2.05) is 12.1 Å². The Kier molecular flexibility index (Phi) is 4.35. The molecule has 25 heavy (non-hydrogen) atoms. The van der Waals surface area contributed by atoms with Crippen molar-refractivity contribution in [2.45, 2.75) is 30.9 Å². The van der Waals surface area contributed by atoms with Crippen molar-refractivity contribution < 1.29 is 4.55 Å². The third-order valence-corrected chi connectivity index (χ3v) is 6.53. The molecule has 3 aromatic rings. The second-order valence-corrected chi connectivity index (χ2v) is 9.11. The zero-order valence-corrected chi connectivity index (χ0v) is 16.1. The lowest BCUT2D eigenvalue weighted by atomic mass is 9.72. The summed E-state index contributed by atoms with van der Waals surface area (Å²) in [5.41, 5.74) is 4.85. The monoisotopic (exact) mass is 371 g/mol. The van der Waals surface area contributed by atoms with Crippen molar-refractivity contribution in [1.29, 1.82) is 0 Å². The van der Waals surface area contributed by atoms with Gasteiger partial charge in [0.1, 0.15) is 5.75 Å². The first-order chi connectivity index (χ1) is 12.0. The number of hydrogen-bond acceptors (Lipinski definition) is 1. The zero-order chi connectivity index (χ0) is 17.6. The van der Waals surface area contributed by atoms with Crippen LogP contribution in [-0.2, 0) is 22.3 Å². The fourth-order valence-corrected chi connectivity index (χ4v) is 4.86. The Labute approximate surface area is 156 Å². The summed E-state index contributed by atoms with van der Waals surface area (Å²) in [6, 6.07) is 14.6. The maximum Gasteiger partial charge on any atom is 0.132 e. The number of rotatable bonds is 5. The predicted molar refractivity (Wildman–Crippen MR) is 107 cm³/mol. The molecule has 1 heterocycles. The van der Waals surface area contributed by atoms with Crippen LogP contribution in [0, 0.1) is 5.92 Å². The van der Waals surface area contributed by atoms with Crippen LogP contribution in [0.4, 0.5) is 0 Å². The van der Waals surface area contributed by atoms with Gasteiger partial charge in [-0.15, -0.1) is 0 Å². The summed E-state index contributed by atoms with van der Waals surface area (Å²) >= 11 is 5.26. The molecule has 1 saturated carbocycles. The molecule has 130 valence electrons. The predicted octanol–water partition coefficient (Wildman–Crippen LogP) is 5.42. The first-order valence-corrected chi connectivity index (χ1v) is 10.8. The van der Waals surface area contributed by atoms with E-state index in [1.54, 1.807) is 6.26 Å². The molecule has 1 N–H and O–H groups in total. The van der Waals surface area contributed by atoms with Gasteiger partial charge in [-0.25, -0.2) is 0 Å². The number of para-hydroxylation sites is 1. The highest BCUT2D eigenvalue weighted by molar-refractivity contribution is 7.89. The Bertz CT molecular complexity index is 898. The van der Waals surface area contributed by atoms with Gasteiger partial charge in [-0.05, 0) is 42.0 Å². The topological polar surface area (TPSA) is 38.8 Å². The number of aromatic amines is 1. The molecule has 2 unspecified atom stereocenters. The molecular formula is C21H22ClNOS. The van der Waals surface area contributed by atoms with Crippen LogP contribution in [-0.4, -0.2) is 15.8 Å². The number of halogens is 1. The average Bonchev–Trinajstić information content (AvgIpc) is 3.34. The highest BCUT2D eigenvalue weighted by Gasteiger charge is 2.45. The number of fused-ring (bicyclic) bond motifs is 1. The van der Waals surface area contributed by atoms with E-state index in [0.29, 0.717) is 11.7 Å². The molecule has 0 saturated heterocycles. The number of nitrogens with one attached hydrogen (secondary N) is 1. The molecule has 2 atom stereocenters. The molecule has 2 aromatic carbocycles. The molecule has 2 nitrogen and oxygen atoms in total. The van der Waals surface area contributed by atoms with E-state index in [9.17, 15) is 4.55 Å². The Morgan fingerprint density at radius 1 is 1.20 bits per heavy atom. The summed E-state index contributed by atoms with van der Waals surface area (Å²) in [6.07, 6.45) is 6.42. The molecule has 0 bridgehead atoms. The van der Waals surface area contributed by atoms with Gasteiger partial charge in [-0.3, -0.25) is 0 Å². The minimum atomic E-state index is -0.854. The fourth-order valence-electron chi connectivity index (χ4n) is 4.05. The third kappa shape index (κ3) is 2.99. The lowest BCUT2D eigenvalue weighted by Gasteiger charge is -2.31. The molecule has 4 heteroatoms. The van der Waals surface area contributed by atoms with Gasteiger partial charge in [0.15, 0.2) is 0 Å². The van der Waals surface area contributed by atoms with Crippen LogP contribution < -0.4 is 0 Å². The van der Waals surface area contributed by atoms with Crippen molar-refractivity contribution in [1.82, 2.24) is 4.98 Å². The largest absolute Gasteiger partial charge is 0.616 e. The molecule has 0 aliphatic heterocycles. The molecule has 4 rings (SSSR count). The summed E-state index contributed by atoms with van der Waals surface area (Å²) in [4.78, 5) is 3.47. The summed E-state index contributed by atoms with van der Waals surface area (Å²) in [5.74, 6) is 1.23. The van der Waals surface area contributed by atoms with Crippen LogP contribution in [0.25, 0.3) is 10.9 Å². The molecule has 0 amide bonds. The van der Waals surface area contributed by atoms with E-state index in [0.717, 1.165) is 16.1 Å². The second kappa shape index (κ2) is 6.39. The fraction of sp³-hybridized carbons (Fsp3) is 0.333. The first-order valence-electron chi connectivity index (χ1n) is 8.65. The minimum Gasteiger partial charge on any atom is -0.616 e. The van der Waals surface area contributed by atoms with Crippen molar-refractivity contribution in [2.24, 2.45) is 5.92 Å². The van der Waals surface area contributed by atoms with Gasteiger partial charge < -0.3 is 9.54 Å². The van der Waals surface area contributed by atoms with Gasteiger partial charge in [0.25, 0.3) is 0 Å². The maximum absolute atomic E-state index is 11.7. The van der Waals surface area contributed by atoms with Gasteiger partial charge in [0.05, 0.1) is 11.8 Å². The normalized spacial score (nSPS) is 18.2. The maximum atomic E-state index is 11.7. The number of H-pyrrole nitrogens is 1. The lowest BCUT2D eigenvalue weighted by molar-refractivity contribution is 0.499. The Hall–Kier alpha value is -1.42. The standard InChI is InChI=1S/C21H22ClNOS/c1-21(15-6-7-15,16-8-10-17(22)11-9-16)19-12-23-20-14(13-25(2)24)4-3-5-18(19)20/h3-5,8-12,15,23H,6-7,13H2,1-2H3. The molecular weight excluding hydrogens is 350 g/mol. The lowest BCUT2D eigenvalue weighted by Crippen LogP contribution is -2.26. The smallest absolute Gasteiger partial charge is 0.132 e. The number of benzene rings is 2. The number of aromatic nitrogens is 1. The van der Waals surface area contributed by atoms with Crippen molar-refractivity contribution in [3.05, 3.63) is 70.4 Å². The molecule has 1 fully saturated rings. The van der Waals surface area contributed by atoms with Crippen LogP contribution in [0.2, 0.25) is 5.02 Å². The van der Waals surface area contributed by atoms with Crippen LogP contribution in [0.15, 0.2) is 48.7 Å². The Balaban J connectivity index is 1.87. The van der Waals surface area contributed by atoms with Crippen LogP contribution in [0.3, 0.4) is 0 Å². The molecule has 0 radical (unpaired) electrons. The highest BCUT2D eigenvalue weighted by atomic mass is 35.5. The third-order valence-electron chi connectivity index (χ3n) is 5.56. The van der Waals surface area contributed by atoms with Crippen molar-refractivity contribution in [3.8, 4) is 0 Å². The van der Waals surface area contributed by atoms with Gasteiger partial charge >= 0.3 is 0 Å². The quantitative estimate of drug-likeness (QED) is 0.598. The van der Waals surface area contributed by atoms with Crippen molar-refractivity contribution in [3.63, 3.8) is 0 Å². The average molecular weight is 372 g/mol. The van der Waals surface area contributed by atoms with Crippen molar-refractivity contribution >= 4 is 33.7 Å². The van der Waals surface area contributed by atoms with Crippen LogP contribution in [0.1, 0.15) is 36.5 Å². The first kappa shape index (κ1) is 17.0. The van der Waals surface area contributed by atoms with Crippen molar-refractivity contribution in [2.75, 3.05) is 6.26 Å². The molecule has 1 aliphatic carbocycles. The number of hydrogen-bond donors (Lipinski definition) is 1. The van der Waals surface area contributed by atoms with Crippen LogP contribution in [0.5, 0.6) is 0 Å². The minimum absolute atomic E-state index is 0.0349. The van der Waals surface area contributed by atoms with E-state index in [-0.39, 0.29) is 5.41 Å². The SMILES string of the molecule is C[S+]([O-])Cc1cccc2c(C(C)(c3ccc(Cl)cc3)C3CC3)c[nH]c12. The Morgan fingerprint density at radius 3 is 2.56 bits per heavy atom. The van der Waals surface area contributed by atoms with Crippen LogP contribution >= 0.6 is 11.6 Å². The molecule has 0 spiro atoms.